The van der Waals surface area contributed by atoms with Crippen molar-refractivity contribution < 1.29 is 9.59 Å². The molecule has 0 radical (unpaired) electrons. The molecule has 1 unspecified atom stereocenters. The van der Waals surface area contributed by atoms with E-state index in [9.17, 15) is 9.59 Å². The van der Waals surface area contributed by atoms with Gasteiger partial charge in [-0.3, -0.25) is 9.59 Å². The zero-order chi connectivity index (χ0) is 12.4. The lowest BCUT2D eigenvalue weighted by molar-refractivity contribution is -0.126. The van der Waals surface area contributed by atoms with E-state index in [1.165, 1.54) is 0 Å². The molecule has 0 heterocycles. The predicted octanol–water partition coefficient (Wildman–Crippen LogP) is 0.0169. The quantitative estimate of drug-likeness (QED) is 0.549. The molecular weight excluding hydrogens is 206 g/mol. The molecule has 0 saturated carbocycles. The molecule has 5 heteroatoms. The van der Waals surface area contributed by atoms with E-state index in [-0.39, 0.29) is 24.4 Å². The third kappa shape index (κ3) is 8.23. The molecule has 16 heavy (non-hydrogen) atoms. The van der Waals surface area contributed by atoms with Gasteiger partial charge < -0.3 is 16.0 Å². The summed E-state index contributed by atoms with van der Waals surface area (Å²) in [5.74, 6) is -0.230. The minimum Gasteiger partial charge on any atom is -0.355 e. The maximum Gasteiger partial charge on any atom is 0.239 e. The van der Waals surface area contributed by atoms with Crippen LogP contribution in [-0.2, 0) is 9.59 Å². The first-order chi connectivity index (χ1) is 7.60. The van der Waals surface area contributed by atoms with Gasteiger partial charge >= 0.3 is 0 Å². The van der Waals surface area contributed by atoms with Gasteiger partial charge in [-0.15, -0.1) is 0 Å². The van der Waals surface area contributed by atoms with Gasteiger partial charge in [-0.25, -0.2) is 0 Å². The van der Waals surface area contributed by atoms with Crippen LogP contribution in [0.25, 0.3) is 0 Å². The summed E-state index contributed by atoms with van der Waals surface area (Å²) >= 11 is 0. The van der Waals surface area contributed by atoms with Gasteiger partial charge in [0, 0.05) is 19.0 Å². The van der Waals surface area contributed by atoms with E-state index in [4.69, 9.17) is 0 Å². The Labute approximate surface area is 97.4 Å². The molecule has 94 valence electrons. The zero-order valence-corrected chi connectivity index (χ0v) is 10.4. The largest absolute Gasteiger partial charge is 0.355 e. The van der Waals surface area contributed by atoms with Gasteiger partial charge in [0.2, 0.25) is 11.8 Å². The highest BCUT2D eigenvalue weighted by Crippen LogP contribution is 1.89. The fourth-order valence-electron chi connectivity index (χ4n) is 1.28. The second-order valence-corrected chi connectivity index (χ2v) is 3.79. The fourth-order valence-corrected chi connectivity index (χ4v) is 1.28. The number of hydrogen-bond donors (Lipinski definition) is 3. The Morgan fingerprint density at radius 3 is 2.38 bits per heavy atom. The fraction of sp³-hybridized carbons (Fsp3) is 0.818. The molecule has 0 aliphatic rings. The molecule has 0 saturated heterocycles. The van der Waals surface area contributed by atoms with Crippen molar-refractivity contribution in [2.45, 2.75) is 39.7 Å². The maximum absolute atomic E-state index is 11.4. The topological polar surface area (TPSA) is 70.2 Å². The minimum atomic E-state index is -0.133. The van der Waals surface area contributed by atoms with Gasteiger partial charge in [-0.05, 0) is 19.9 Å². The van der Waals surface area contributed by atoms with Crippen LogP contribution in [0.15, 0.2) is 0 Å². The summed E-state index contributed by atoms with van der Waals surface area (Å²) < 4.78 is 0. The second-order valence-electron chi connectivity index (χ2n) is 3.79. The Bertz CT molecular complexity index is 219. The van der Waals surface area contributed by atoms with E-state index < -0.39 is 0 Å². The van der Waals surface area contributed by atoms with E-state index in [1.54, 1.807) is 0 Å². The molecule has 0 aromatic rings. The van der Waals surface area contributed by atoms with Crippen molar-refractivity contribution in [3.63, 3.8) is 0 Å². The molecule has 0 bridgehead atoms. The van der Waals surface area contributed by atoms with E-state index in [0.717, 1.165) is 13.0 Å². The molecule has 3 N–H and O–H groups in total. The predicted molar refractivity (Wildman–Crippen MR) is 64.1 cm³/mol. The van der Waals surface area contributed by atoms with Crippen LogP contribution < -0.4 is 16.0 Å². The highest BCUT2D eigenvalue weighted by molar-refractivity contribution is 5.84. The van der Waals surface area contributed by atoms with Gasteiger partial charge in [0.05, 0.1) is 6.54 Å². The monoisotopic (exact) mass is 229 g/mol. The molecule has 0 aromatic carbocycles. The number of hydrogen-bond acceptors (Lipinski definition) is 3. The first kappa shape index (κ1) is 14.9. The number of carbonyl (C=O) groups excluding carboxylic acids is 2. The van der Waals surface area contributed by atoms with Gasteiger partial charge in [-0.1, -0.05) is 13.8 Å². The van der Waals surface area contributed by atoms with Crippen molar-refractivity contribution in [2.24, 2.45) is 0 Å². The van der Waals surface area contributed by atoms with Crippen molar-refractivity contribution in [3.8, 4) is 0 Å². The summed E-state index contributed by atoms with van der Waals surface area (Å²) in [5, 5.41) is 8.42. The average Bonchev–Trinajstić information content (AvgIpc) is 2.23. The molecule has 0 aliphatic heterocycles. The van der Waals surface area contributed by atoms with E-state index in [2.05, 4.69) is 16.0 Å². The zero-order valence-electron chi connectivity index (χ0n) is 10.4. The lowest BCUT2D eigenvalue weighted by atomic mass is 10.2. The smallest absolute Gasteiger partial charge is 0.239 e. The first-order valence-corrected chi connectivity index (χ1v) is 5.86. The molecule has 0 fully saturated rings. The highest BCUT2D eigenvalue weighted by atomic mass is 16.2. The Kier molecular flexibility index (Phi) is 8.52. The number of rotatable bonds is 8. The number of carbonyl (C=O) groups is 2. The van der Waals surface area contributed by atoms with Crippen LogP contribution in [0.1, 0.15) is 33.6 Å². The number of nitrogens with one attached hydrogen (secondary N) is 3. The summed E-state index contributed by atoms with van der Waals surface area (Å²) in [7, 11) is 0. The van der Waals surface area contributed by atoms with Crippen molar-refractivity contribution in [1.29, 1.82) is 0 Å². The van der Waals surface area contributed by atoms with Crippen molar-refractivity contribution >= 4 is 11.8 Å². The lowest BCUT2D eigenvalue weighted by Crippen LogP contribution is -2.39. The summed E-state index contributed by atoms with van der Waals surface area (Å²) in [6.45, 7) is 7.48. The maximum atomic E-state index is 11.4. The van der Waals surface area contributed by atoms with Gasteiger partial charge in [0.25, 0.3) is 0 Å². The normalized spacial score (nSPS) is 11.9. The lowest BCUT2D eigenvalue weighted by Gasteiger charge is -2.11. The van der Waals surface area contributed by atoms with Crippen LogP contribution in [0.3, 0.4) is 0 Å². The molecule has 2 amide bonds. The summed E-state index contributed by atoms with van der Waals surface area (Å²) in [6, 6.07) is 0.142. The Morgan fingerprint density at radius 1 is 1.12 bits per heavy atom. The van der Waals surface area contributed by atoms with Gasteiger partial charge in [0.15, 0.2) is 0 Å². The molecule has 1 atom stereocenters. The second kappa shape index (κ2) is 9.15. The Balaban J connectivity index is 3.60. The third-order valence-electron chi connectivity index (χ3n) is 2.06. The van der Waals surface area contributed by atoms with Crippen molar-refractivity contribution in [3.05, 3.63) is 0 Å². The van der Waals surface area contributed by atoms with Crippen LogP contribution >= 0.6 is 0 Å². The van der Waals surface area contributed by atoms with Gasteiger partial charge in [0.1, 0.15) is 0 Å². The van der Waals surface area contributed by atoms with Crippen molar-refractivity contribution in [2.75, 3.05) is 19.6 Å². The molecule has 5 nitrogen and oxygen atoms in total. The molecular formula is C11H23N3O2. The van der Waals surface area contributed by atoms with Crippen LogP contribution in [0.2, 0.25) is 0 Å². The third-order valence-corrected chi connectivity index (χ3v) is 2.06. The van der Waals surface area contributed by atoms with Crippen LogP contribution in [0.4, 0.5) is 0 Å². The van der Waals surface area contributed by atoms with Gasteiger partial charge in [-0.2, -0.15) is 0 Å². The number of amides is 2. The molecule has 0 spiro atoms. The Morgan fingerprint density at radius 2 is 1.81 bits per heavy atom. The van der Waals surface area contributed by atoms with Crippen LogP contribution in [0, 0.1) is 0 Å². The summed E-state index contributed by atoms with van der Waals surface area (Å²) in [4.78, 5) is 22.6. The molecule has 0 aromatic heterocycles. The van der Waals surface area contributed by atoms with E-state index in [0.29, 0.717) is 13.0 Å². The van der Waals surface area contributed by atoms with Crippen LogP contribution in [-0.4, -0.2) is 37.5 Å². The van der Waals surface area contributed by atoms with E-state index >= 15 is 0 Å². The first-order valence-electron chi connectivity index (χ1n) is 5.86. The van der Waals surface area contributed by atoms with Crippen LogP contribution in [0.5, 0.6) is 0 Å². The summed E-state index contributed by atoms with van der Waals surface area (Å²) in [6.07, 6.45) is 1.30. The standard InChI is InChI=1S/C11H23N3O2/c1-4-6-13-11(16)8-14-10(15)7-9(3)12-5-2/h9,12H,4-8H2,1-3H3,(H,13,16)(H,14,15). The SMILES string of the molecule is CCCNC(=O)CNC(=O)CC(C)NCC. The molecule has 0 rings (SSSR count). The van der Waals surface area contributed by atoms with E-state index in [1.807, 2.05) is 20.8 Å². The molecule has 0 aliphatic carbocycles. The van der Waals surface area contributed by atoms with Crippen molar-refractivity contribution in [1.82, 2.24) is 16.0 Å². The minimum absolute atomic E-state index is 0.0671. The average molecular weight is 229 g/mol. The highest BCUT2D eigenvalue weighted by Gasteiger charge is 2.08. The Hall–Kier alpha value is -1.10. The summed E-state index contributed by atoms with van der Waals surface area (Å²) in [5.41, 5.74) is 0.